The van der Waals surface area contributed by atoms with E-state index in [1.807, 2.05) is 24.4 Å². The molecule has 0 radical (unpaired) electrons. The van der Waals surface area contributed by atoms with Gasteiger partial charge in [0.05, 0.1) is 0 Å². The van der Waals surface area contributed by atoms with Crippen molar-refractivity contribution in [3.05, 3.63) is 182 Å². The van der Waals surface area contributed by atoms with Crippen molar-refractivity contribution in [3.63, 3.8) is 0 Å². The number of nitrogens with zero attached hydrogens (tertiary/aromatic N) is 5. The number of anilines is 3. The second kappa shape index (κ2) is 13.9. The number of hydrogen-bond donors (Lipinski definition) is 0. The Morgan fingerprint density at radius 1 is 0.585 bits per heavy atom. The molecule has 3 heterocycles. The fourth-order valence-electron chi connectivity index (χ4n) is 8.09. The second-order valence-electron chi connectivity index (χ2n) is 13.9. The highest BCUT2D eigenvalue weighted by Gasteiger charge is 2.21. The standard InChI is InChI=1S/C48H41N5/c1-3-35(33-34(2)51-45-22-12-10-19-42(45)43-20-11-13-23-46(43)51)36-24-28-40(29-25-36)52(38-15-6-4-7-16-38)41-30-26-37(27-31-41)47-50-44-21-14-32-49-48(44)53(47)39-17-8-5-9-18-39/h4-32,34-35H,3,33H2,1-2H3. The highest BCUT2D eigenvalue weighted by atomic mass is 15.1. The fourth-order valence-corrected chi connectivity index (χ4v) is 8.09. The molecule has 0 aliphatic carbocycles. The van der Waals surface area contributed by atoms with Gasteiger partial charge < -0.3 is 9.47 Å². The van der Waals surface area contributed by atoms with Crippen LogP contribution in [0, 0.1) is 0 Å². The minimum atomic E-state index is 0.342. The lowest BCUT2D eigenvalue weighted by molar-refractivity contribution is 0.462. The molecule has 9 rings (SSSR count). The van der Waals surface area contributed by atoms with E-state index in [0.29, 0.717) is 12.0 Å². The van der Waals surface area contributed by atoms with Gasteiger partial charge in [0.15, 0.2) is 5.65 Å². The maximum atomic E-state index is 5.04. The normalized spacial score (nSPS) is 12.7. The number of imidazole rings is 1. The molecule has 0 fully saturated rings. The summed E-state index contributed by atoms with van der Waals surface area (Å²) in [6.07, 6.45) is 3.97. The van der Waals surface area contributed by atoms with Gasteiger partial charge in [-0.2, -0.15) is 0 Å². The summed E-state index contributed by atoms with van der Waals surface area (Å²) in [6, 6.07) is 60.9. The number of para-hydroxylation sites is 4. The molecule has 0 amide bonds. The number of aromatic nitrogens is 4. The van der Waals surface area contributed by atoms with Crippen molar-refractivity contribution >= 4 is 50.0 Å². The molecule has 2 atom stereocenters. The van der Waals surface area contributed by atoms with E-state index >= 15 is 0 Å². The molecule has 0 bridgehead atoms. The first-order valence-electron chi connectivity index (χ1n) is 18.6. The van der Waals surface area contributed by atoms with Gasteiger partial charge in [0.25, 0.3) is 0 Å². The number of benzene rings is 6. The molecule has 0 aliphatic rings. The maximum absolute atomic E-state index is 5.04. The summed E-state index contributed by atoms with van der Waals surface area (Å²) in [5, 5.41) is 2.65. The highest BCUT2D eigenvalue weighted by molar-refractivity contribution is 6.08. The highest BCUT2D eigenvalue weighted by Crippen LogP contribution is 2.39. The van der Waals surface area contributed by atoms with Gasteiger partial charge in [-0.05, 0) is 116 Å². The summed E-state index contributed by atoms with van der Waals surface area (Å²) in [5.41, 5.74) is 11.1. The van der Waals surface area contributed by atoms with E-state index in [1.165, 1.54) is 27.4 Å². The Bertz CT molecular complexity index is 2590. The molecular formula is C48H41N5. The molecule has 5 nitrogen and oxygen atoms in total. The van der Waals surface area contributed by atoms with Crippen LogP contribution in [-0.4, -0.2) is 19.1 Å². The van der Waals surface area contributed by atoms with E-state index < -0.39 is 0 Å². The minimum Gasteiger partial charge on any atom is -0.338 e. The Hall–Kier alpha value is -6.46. The van der Waals surface area contributed by atoms with E-state index in [4.69, 9.17) is 9.97 Å². The van der Waals surface area contributed by atoms with Gasteiger partial charge >= 0.3 is 0 Å². The predicted molar refractivity (Wildman–Crippen MR) is 221 cm³/mol. The van der Waals surface area contributed by atoms with Crippen molar-refractivity contribution in [1.29, 1.82) is 0 Å². The lowest BCUT2D eigenvalue weighted by Crippen LogP contribution is -2.11. The quantitative estimate of drug-likeness (QED) is 0.144. The monoisotopic (exact) mass is 687 g/mol. The summed E-state index contributed by atoms with van der Waals surface area (Å²) < 4.78 is 4.69. The Kier molecular flexibility index (Phi) is 8.53. The lowest BCUT2D eigenvalue weighted by Gasteiger charge is -2.27. The van der Waals surface area contributed by atoms with Crippen LogP contribution in [0.15, 0.2) is 176 Å². The zero-order valence-corrected chi connectivity index (χ0v) is 30.0. The Morgan fingerprint density at radius 3 is 1.79 bits per heavy atom. The van der Waals surface area contributed by atoms with E-state index in [9.17, 15) is 0 Å². The third kappa shape index (κ3) is 5.94. The Balaban J connectivity index is 1.03. The Morgan fingerprint density at radius 2 is 1.15 bits per heavy atom. The average Bonchev–Trinajstić information content (AvgIpc) is 3.78. The summed E-state index contributed by atoms with van der Waals surface area (Å²) in [4.78, 5) is 12.1. The van der Waals surface area contributed by atoms with E-state index in [1.54, 1.807) is 0 Å². The first-order valence-corrected chi connectivity index (χ1v) is 18.6. The van der Waals surface area contributed by atoms with Crippen LogP contribution in [0.25, 0.3) is 50.0 Å². The van der Waals surface area contributed by atoms with Crippen LogP contribution >= 0.6 is 0 Å². The van der Waals surface area contributed by atoms with E-state index in [-0.39, 0.29) is 0 Å². The SMILES string of the molecule is CCC(CC(C)n1c2ccccc2c2ccccc21)c1ccc(N(c2ccccc2)c2ccc(-c3nc4cccnc4n3-c3ccccc3)cc2)cc1. The molecule has 6 aromatic carbocycles. The van der Waals surface area contributed by atoms with Gasteiger partial charge in [-0.15, -0.1) is 0 Å². The van der Waals surface area contributed by atoms with E-state index in [0.717, 1.165) is 58.1 Å². The van der Waals surface area contributed by atoms with Crippen molar-refractivity contribution in [2.24, 2.45) is 0 Å². The zero-order valence-electron chi connectivity index (χ0n) is 30.0. The fraction of sp³-hybridized carbons (Fsp3) is 0.125. The zero-order chi connectivity index (χ0) is 35.7. The van der Waals surface area contributed by atoms with Crippen molar-refractivity contribution in [1.82, 2.24) is 19.1 Å². The average molecular weight is 688 g/mol. The molecule has 0 saturated heterocycles. The molecule has 5 heteroatoms. The topological polar surface area (TPSA) is 38.9 Å². The van der Waals surface area contributed by atoms with Crippen molar-refractivity contribution in [2.75, 3.05) is 4.90 Å². The second-order valence-corrected chi connectivity index (χ2v) is 13.9. The molecular weight excluding hydrogens is 647 g/mol. The summed E-state index contributed by atoms with van der Waals surface area (Å²) in [5.74, 6) is 1.30. The number of rotatable bonds is 10. The van der Waals surface area contributed by atoms with Gasteiger partial charge in [-0.1, -0.05) is 91.9 Å². The van der Waals surface area contributed by atoms with Crippen LogP contribution in [0.4, 0.5) is 17.1 Å². The first-order chi connectivity index (χ1) is 26.2. The van der Waals surface area contributed by atoms with Crippen LogP contribution in [0.1, 0.15) is 44.2 Å². The number of hydrogen-bond acceptors (Lipinski definition) is 3. The molecule has 0 aliphatic heterocycles. The molecule has 2 unspecified atom stereocenters. The van der Waals surface area contributed by atoms with Crippen LogP contribution < -0.4 is 4.90 Å². The molecule has 53 heavy (non-hydrogen) atoms. The van der Waals surface area contributed by atoms with Gasteiger partial charge in [0.1, 0.15) is 11.3 Å². The van der Waals surface area contributed by atoms with Crippen LogP contribution in [0.2, 0.25) is 0 Å². The van der Waals surface area contributed by atoms with Gasteiger partial charge in [-0.25, -0.2) is 9.97 Å². The van der Waals surface area contributed by atoms with E-state index in [2.05, 4.69) is 180 Å². The van der Waals surface area contributed by atoms with Gasteiger partial charge in [0, 0.05) is 62.4 Å². The van der Waals surface area contributed by atoms with Crippen LogP contribution in [-0.2, 0) is 0 Å². The molecule has 0 N–H and O–H groups in total. The van der Waals surface area contributed by atoms with Crippen LogP contribution in [0.5, 0.6) is 0 Å². The number of pyridine rings is 1. The molecule has 9 aromatic rings. The van der Waals surface area contributed by atoms with Crippen LogP contribution in [0.3, 0.4) is 0 Å². The third-order valence-electron chi connectivity index (χ3n) is 10.6. The molecule has 0 saturated carbocycles. The van der Waals surface area contributed by atoms with Crippen molar-refractivity contribution in [3.8, 4) is 17.1 Å². The van der Waals surface area contributed by atoms with Gasteiger partial charge in [-0.3, -0.25) is 4.57 Å². The maximum Gasteiger partial charge on any atom is 0.164 e. The third-order valence-corrected chi connectivity index (χ3v) is 10.6. The van der Waals surface area contributed by atoms with Gasteiger partial charge in [0.2, 0.25) is 0 Å². The summed E-state index contributed by atoms with van der Waals surface area (Å²) in [7, 11) is 0. The first kappa shape index (κ1) is 32.4. The Labute approximate surface area is 310 Å². The lowest BCUT2D eigenvalue weighted by atomic mass is 9.90. The molecule has 258 valence electrons. The predicted octanol–water partition coefficient (Wildman–Crippen LogP) is 12.8. The molecule has 3 aromatic heterocycles. The van der Waals surface area contributed by atoms with Crippen molar-refractivity contribution in [2.45, 2.75) is 38.6 Å². The largest absolute Gasteiger partial charge is 0.338 e. The minimum absolute atomic E-state index is 0.342. The number of fused-ring (bicyclic) bond motifs is 4. The summed E-state index contributed by atoms with van der Waals surface area (Å²) in [6.45, 7) is 4.69. The molecule has 0 spiro atoms. The smallest absolute Gasteiger partial charge is 0.164 e. The summed E-state index contributed by atoms with van der Waals surface area (Å²) >= 11 is 0. The van der Waals surface area contributed by atoms with Crippen molar-refractivity contribution < 1.29 is 0 Å².